The van der Waals surface area contributed by atoms with E-state index < -0.39 is 0 Å². The molecule has 8 heteroatoms. The van der Waals surface area contributed by atoms with Gasteiger partial charge in [0.05, 0.1) is 25.5 Å². The Morgan fingerprint density at radius 1 is 1.06 bits per heavy atom. The van der Waals surface area contributed by atoms with Crippen molar-refractivity contribution < 1.29 is 5.11 Å². The lowest BCUT2D eigenvalue weighted by molar-refractivity contribution is 0.271. The number of aromatic nitrogens is 4. The van der Waals surface area contributed by atoms with Crippen LogP contribution < -0.4 is 16.4 Å². The molecule has 8 nitrogen and oxygen atoms in total. The highest BCUT2D eigenvalue weighted by molar-refractivity contribution is 5.84. The van der Waals surface area contributed by atoms with Crippen LogP contribution in [0.4, 0.5) is 17.5 Å². The third-order valence-corrected chi connectivity index (χ3v) is 5.21. The predicted octanol–water partition coefficient (Wildman–Crippen LogP) is 3.25. The third-order valence-electron chi connectivity index (χ3n) is 5.21. The summed E-state index contributed by atoms with van der Waals surface area (Å²) in [4.78, 5) is 13.9. The van der Waals surface area contributed by atoms with E-state index in [4.69, 9.17) is 10.7 Å². The van der Waals surface area contributed by atoms with E-state index in [1.54, 1.807) is 6.33 Å². The van der Waals surface area contributed by atoms with Gasteiger partial charge in [-0.1, -0.05) is 55.5 Å². The van der Waals surface area contributed by atoms with Crippen LogP contribution in [0.15, 0.2) is 60.9 Å². The van der Waals surface area contributed by atoms with E-state index in [1.807, 2.05) is 54.0 Å². The fourth-order valence-corrected chi connectivity index (χ4v) is 3.36. The van der Waals surface area contributed by atoms with Crippen LogP contribution in [0.5, 0.6) is 0 Å². The van der Waals surface area contributed by atoms with Gasteiger partial charge in [0.15, 0.2) is 17.0 Å². The highest BCUT2D eigenvalue weighted by atomic mass is 16.3. The lowest BCUT2D eigenvalue weighted by Gasteiger charge is -2.16. The number of nitrogens with zero attached hydrogens (tertiary/aromatic N) is 4. The average Bonchev–Trinajstić information content (AvgIpc) is 3.20. The Labute approximate surface area is 181 Å². The molecule has 4 rings (SSSR count). The number of aliphatic hydroxyl groups excluding tert-OH is 1. The van der Waals surface area contributed by atoms with Gasteiger partial charge in [0.2, 0.25) is 5.95 Å². The van der Waals surface area contributed by atoms with Crippen LogP contribution in [0, 0.1) is 0 Å². The second kappa shape index (κ2) is 9.44. The highest BCUT2D eigenvalue weighted by Crippen LogP contribution is 2.23. The number of hydrogen-bond donors (Lipinski definition) is 4. The standard InChI is InChI=1S/C23H27N7O/c1-2-18(14-31)27-23-28-21(25-12-17-10-6-7-11-19(17)24)20-22(29-23)30(15-26-20)13-16-8-4-3-5-9-16/h3-11,15,18,31H,2,12-14,24H2,1H3,(H2,25,27,28,29). The Kier molecular flexibility index (Phi) is 6.28. The van der Waals surface area contributed by atoms with Crippen molar-refractivity contribution in [3.05, 3.63) is 72.1 Å². The number of imidazole rings is 1. The first-order chi connectivity index (χ1) is 15.2. The number of anilines is 3. The van der Waals surface area contributed by atoms with Crippen molar-refractivity contribution in [3.63, 3.8) is 0 Å². The number of benzene rings is 2. The molecule has 0 aliphatic rings. The summed E-state index contributed by atoms with van der Waals surface area (Å²) in [6.45, 7) is 3.17. The van der Waals surface area contributed by atoms with Crippen LogP contribution in [0.3, 0.4) is 0 Å². The fraction of sp³-hybridized carbons (Fsp3) is 0.261. The van der Waals surface area contributed by atoms with E-state index in [0.29, 0.717) is 30.4 Å². The number of nitrogens with one attached hydrogen (secondary N) is 2. The number of para-hydroxylation sites is 1. The number of aliphatic hydroxyl groups is 1. The van der Waals surface area contributed by atoms with Gasteiger partial charge in [-0.05, 0) is 23.6 Å². The maximum absolute atomic E-state index is 9.60. The molecule has 160 valence electrons. The van der Waals surface area contributed by atoms with Crippen molar-refractivity contribution >= 4 is 28.6 Å². The Balaban J connectivity index is 1.69. The Bertz CT molecular complexity index is 1140. The third kappa shape index (κ3) is 4.75. The van der Waals surface area contributed by atoms with E-state index in [1.165, 1.54) is 0 Å². The topological polar surface area (TPSA) is 114 Å². The molecule has 5 N–H and O–H groups in total. The summed E-state index contributed by atoms with van der Waals surface area (Å²) in [5.41, 5.74) is 10.4. The SMILES string of the molecule is CCC(CO)Nc1nc(NCc2ccccc2N)c2ncn(Cc3ccccc3)c2n1. The Morgan fingerprint density at radius 3 is 2.58 bits per heavy atom. The second-order valence-electron chi connectivity index (χ2n) is 7.41. The minimum absolute atomic E-state index is 0.00445. The monoisotopic (exact) mass is 417 g/mol. The van der Waals surface area contributed by atoms with Gasteiger partial charge in [-0.2, -0.15) is 9.97 Å². The van der Waals surface area contributed by atoms with Gasteiger partial charge in [-0.3, -0.25) is 0 Å². The minimum atomic E-state index is -0.124. The van der Waals surface area contributed by atoms with E-state index in [-0.39, 0.29) is 12.6 Å². The van der Waals surface area contributed by atoms with Crippen molar-refractivity contribution in [1.29, 1.82) is 0 Å². The molecule has 2 aromatic carbocycles. The molecule has 1 atom stereocenters. The first-order valence-electron chi connectivity index (χ1n) is 10.4. The molecular weight excluding hydrogens is 390 g/mol. The van der Waals surface area contributed by atoms with Crippen molar-refractivity contribution in [2.75, 3.05) is 23.0 Å². The smallest absolute Gasteiger partial charge is 0.227 e. The van der Waals surface area contributed by atoms with Crippen molar-refractivity contribution in [1.82, 2.24) is 19.5 Å². The molecule has 0 bridgehead atoms. The van der Waals surface area contributed by atoms with Gasteiger partial charge >= 0.3 is 0 Å². The molecule has 0 spiro atoms. The van der Waals surface area contributed by atoms with Gasteiger partial charge in [-0.25, -0.2) is 4.98 Å². The minimum Gasteiger partial charge on any atom is -0.398 e. The number of hydrogen-bond acceptors (Lipinski definition) is 7. The predicted molar refractivity (Wildman–Crippen MR) is 124 cm³/mol. The largest absolute Gasteiger partial charge is 0.398 e. The molecule has 2 aromatic heterocycles. The van der Waals surface area contributed by atoms with Gasteiger partial charge in [0.25, 0.3) is 0 Å². The van der Waals surface area contributed by atoms with E-state index >= 15 is 0 Å². The molecule has 0 radical (unpaired) electrons. The summed E-state index contributed by atoms with van der Waals surface area (Å²) in [6, 6.07) is 17.8. The quantitative estimate of drug-likeness (QED) is 0.309. The van der Waals surface area contributed by atoms with Gasteiger partial charge in [-0.15, -0.1) is 0 Å². The van der Waals surface area contributed by atoms with Gasteiger partial charge in [0, 0.05) is 12.2 Å². The Hall–Kier alpha value is -3.65. The van der Waals surface area contributed by atoms with Gasteiger partial charge in [0.1, 0.15) is 0 Å². The molecule has 0 fully saturated rings. The first kappa shape index (κ1) is 20.6. The van der Waals surface area contributed by atoms with E-state index in [0.717, 1.165) is 28.9 Å². The van der Waals surface area contributed by atoms with E-state index in [9.17, 15) is 5.11 Å². The molecule has 4 aromatic rings. The summed E-state index contributed by atoms with van der Waals surface area (Å²) in [6.07, 6.45) is 2.53. The zero-order valence-electron chi connectivity index (χ0n) is 17.5. The van der Waals surface area contributed by atoms with Crippen molar-refractivity contribution in [3.8, 4) is 0 Å². The molecular formula is C23H27N7O. The van der Waals surface area contributed by atoms with Crippen LogP contribution in [0.25, 0.3) is 11.2 Å². The maximum atomic E-state index is 9.60. The van der Waals surface area contributed by atoms with Crippen LogP contribution in [-0.4, -0.2) is 37.3 Å². The summed E-state index contributed by atoms with van der Waals surface area (Å²) >= 11 is 0. The second-order valence-corrected chi connectivity index (χ2v) is 7.41. The molecule has 0 saturated heterocycles. The molecule has 2 heterocycles. The lowest BCUT2D eigenvalue weighted by Crippen LogP contribution is -2.24. The summed E-state index contributed by atoms with van der Waals surface area (Å²) in [5.74, 6) is 1.07. The fourth-order valence-electron chi connectivity index (χ4n) is 3.36. The van der Waals surface area contributed by atoms with Crippen LogP contribution in [0.2, 0.25) is 0 Å². The lowest BCUT2D eigenvalue weighted by atomic mass is 10.2. The summed E-state index contributed by atoms with van der Waals surface area (Å²) < 4.78 is 2.00. The molecule has 31 heavy (non-hydrogen) atoms. The average molecular weight is 418 g/mol. The molecule has 1 unspecified atom stereocenters. The molecule has 0 aliphatic heterocycles. The highest BCUT2D eigenvalue weighted by Gasteiger charge is 2.16. The zero-order valence-corrected chi connectivity index (χ0v) is 17.5. The van der Waals surface area contributed by atoms with Crippen molar-refractivity contribution in [2.45, 2.75) is 32.5 Å². The first-order valence-corrected chi connectivity index (χ1v) is 10.4. The normalized spacial score (nSPS) is 12.1. The van der Waals surface area contributed by atoms with Crippen LogP contribution in [-0.2, 0) is 13.1 Å². The number of rotatable bonds is 9. The number of fused-ring (bicyclic) bond motifs is 1. The van der Waals surface area contributed by atoms with Gasteiger partial charge < -0.3 is 26.0 Å². The summed E-state index contributed by atoms with van der Waals surface area (Å²) in [7, 11) is 0. The van der Waals surface area contributed by atoms with E-state index in [2.05, 4.69) is 32.7 Å². The maximum Gasteiger partial charge on any atom is 0.227 e. The summed E-state index contributed by atoms with van der Waals surface area (Å²) in [5, 5.41) is 16.2. The number of nitrogens with two attached hydrogens (primary N) is 1. The van der Waals surface area contributed by atoms with Crippen LogP contribution >= 0.6 is 0 Å². The van der Waals surface area contributed by atoms with Crippen molar-refractivity contribution in [2.24, 2.45) is 0 Å². The molecule has 0 saturated carbocycles. The molecule has 0 aliphatic carbocycles. The number of nitrogen functional groups attached to an aromatic ring is 1. The molecule has 0 amide bonds. The Morgan fingerprint density at radius 2 is 1.84 bits per heavy atom. The van der Waals surface area contributed by atoms with Crippen LogP contribution in [0.1, 0.15) is 24.5 Å². The zero-order chi connectivity index (χ0) is 21.6.